The first-order chi connectivity index (χ1) is 15.2. The summed E-state index contributed by atoms with van der Waals surface area (Å²) >= 11 is 0. The van der Waals surface area contributed by atoms with Crippen LogP contribution in [0.5, 0.6) is 0 Å². The van der Waals surface area contributed by atoms with Gasteiger partial charge in [-0.1, -0.05) is 30.3 Å². The van der Waals surface area contributed by atoms with Gasteiger partial charge in [0.15, 0.2) is 11.5 Å². The van der Waals surface area contributed by atoms with Gasteiger partial charge in [-0.2, -0.15) is 0 Å². The summed E-state index contributed by atoms with van der Waals surface area (Å²) in [4.78, 5) is 22.2. The van der Waals surface area contributed by atoms with Crippen LogP contribution in [0, 0.1) is 12.8 Å². The molecular weight excluding hydrogens is 390 g/mol. The molecule has 0 spiro atoms. The molecule has 2 aromatic carbocycles. The number of oxazole rings is 1. The number of ether oxygens (including phenoxy) is 1. The minimum Gasteiger partial charge on any atom is -0.444 e. The lowest BCUT2D eigenvalue weighted by molar-refractivity contribution is -0.0462. The van der Waals surface area contributed by atoms with Crippen molar-refractivity contribution in [1.29, 1.82) is 0 Å². The Balaban J connectivity index is 1.35. The molecule has 1 aromatic heterocycles. The summed E-state index contributed by atoms with van der Waals surface area (Å²) in [5.41, 5.74) is 5.07. The molecule has 0 N–H and O–H groups in total. The number of rotatable bonds is 2. The fourth-order valence-corrected chi connectivity index (χ4v) is 5.59. The van der Waals surface area contributed by atoms with Crippen LogP contribution in [0.4, 0.5) is 4.79 Å². The molecular formula is C25H27N3O3. The number of aromatic nitrogens is 1. The number of carbonyl (C=O) groups is 1. The van der Waals surface area contributed by atoms with E-state index in [0.29, 0.717) is 18.4 Å². The average molecular weight is 418 g/mol. The van der Waals surface area contributed by atoms with E-state index in [9.17, 15) is 4.79 Å². The van der Waals surface area contributed by atoms with Gasteiger partial charge in [-0.05, 0) is 67.1 Å². The van der Waals surface area contributed by atoms with Gasteiger partial charge in [0.05, 0.1) is 6.04 Å². The zero-order valence-electron chi connectivity index (χ0n) is 17.8. The van der Waals surface area contributed by atoms with E-state index in [4.69, 9.17) is 9.15 Å². The summed E-state index contributed by atoms with van der Waals surface area (Å²) in [6.07, 6.45) is 2.91. The number of amides is 1. The molecule has 4 aliphatic rings. The van der Waals surface area contributed by atoms with E-state index in [2.05, 4.69) is 34.1 Å². The third-order valence-electron chi connectivity index (χ3n) is 7.20. The third kappa shape index (κ3) is 3.30. The van der Waals surface area contributed by atoms with E-state index < -0.39 is 0 Å². The maximum atomic E-state index is 13.5. The topological polar surface area (TPSA) is 58.8 Å². The van der Waals surface area contributed by atoms with Gasteiger partial charge in [-0.15, -0.1) is 0 Å². The normalized spacial score (nSPS) is 27.3. The van der Waals surface area contributed by atoms with Crippen molar-refractivity contribution in [1.82, 2.24) is 14.8 Å². The molecule has 160 valence electrons. The minimum absolute atomic E-state index is 0.00669. The Kier molecular flexibility index (Phi) is 4.49. The van der Waals surface area contributed by atoms with Crippen molar-refractivity contribution in [2.75, 3.05) is 26.2 Å². The van der Waals surface area contributed by atoms with E-state index in [0.717, 1.165) is 61.1 Å². The standard InChI is InChI=1S/C25H27N3O3/c1-16-26-21-7-6-19(14-22(21)30-16)24-20-5-3-2-4-17(20)10-13-28(24)25(29)31-23-15-27-11-8-18(23)9-12-27/h2-7,14,18,23-24H,8-13,15H2,1H3/t23-,24-/m1/s1. The molecule has 0 radical (unpaired) electrons. The van der Waals surface area contributed by atoms with Gasteiger partial charge in [0.2, 0.25) is 0 Å². The second kappa shape index (κ2) is 7.38. The zero-order valence-corrected chi connectivity index (χ0v) is 17.8. The first-order valence-electron chi connectivity index (χ1n) is 11.3. The summed E-state index contributed by atoms with van der Waals surface area (Å²) in [7, 11) is 0. The maximum absolute atomic E-state index is 13.5. The van der Waals surface area contributed by atoms with Gasteiger partial charge in [0, 0.05) is 20.0 Å². The lowest BCUT2D eigenvalue weighted by Gasteiger charge is -2.45. The van der Waals surface area contributed by atoms with Crippen molar-refractivity contribution in [3.63, 3.8) is 0 Å². The molecule has 3 fully saturated rings. The summed E-state index contributed by atoms with van der Waals surface area (Å²) in [5.74, 6) is 1.15. The monoisotopic (exact) mass is 417 g/mol. The van der Waals surface area contributed by atoms with E-state index >= 15 is 0 Å². The van der Waals surface area contributed by atoms with Crippen molar-refractivity contribution >= 4 is 17.2 Å². The van der Waals surface area contributed by atoms with Crippen molar-refractivity contribution in [3.8, 4) is 0 Å². The zero-order chi connectivity index (χ0) is 20.9. The van der Waals surface area contributed by atoms with Crippen molar-refractivity contribution in [2.24, 2.45) is 5.92 Å². The third-order valence-corrected chi connectivity index (χ3v) is 7.20. The SMILES string of the molecule is Cc1nc2ccc([C@@H]3c4ccccc4CCN3C(=O)O[C@@H]3CN4CCC3CC4)cc2o1. The average Bonchev–Trinajstić information content (AvgIpc) is 3.18. The minimum atomic E-state index is -0.202. The first-order valence-corrected chi connectivity index (χ1v) is 11.3. The number of hydrogen-bond acceptors (Lipinski definition) is 5. The highest BCUT2D eigenvalue weighted by molar-refractivity contribution is 5.75. The second-order valence-electron chi connectivity index (χ2n) is 9.07. The number of hydrogen-bond donors (Lipinski definition) is 0. The number of piperidine rings is 3. The quantitative estimate of drug-likeness (QED) is 0.622. The van der Waals surface area contributed by atoms with Crippen LogP contribution >= 0.6 is 0 Å². The smallest absolute Gasteiger partial charge is 0.410 e. The van der Waals surface area contributed by atoms with Crippen LogP contribution < -0.4 is 0 Å². The molecule has 2 atom stereocenters. The number of nitrogens with zero attached hydrogens (tertiary/aromatic N) is 3. The van der Waals surface area contributed by atoms with Crippen molar-refractivity contribution in [3.05, 3.63) is 65.0 Å². The molecule has 0 unspecified atom stereocenters. The Labute approximate surface area is 181 Å². The van der Waals surface area contributed by atoms with Gasteiger partial charge in [0.1, 0.15) is 11.6 Å². The van der Waals surface area contributed by atoms with Crippen LogP contribution in [0.1, 0.15) is 41.5 Å². The lowest BCUT2D eigenvalue weighted by atomic mass is 9.86. The lowest BCUT2D eigenvalue weighted by Crippen LogP contribution is -2.53. The summed E-state index contributed by atoms with van der Waals surface area (Å²) in [6, 6.07) is 14.3. The van der Waals surface area contributed by atoms with Gasteiger partial charge in [0.25, 0.3) is 0 Å². The molecule has 4 aliphatic heterocycles. The maximum Gasteiger partial charge on any atom is 0.410 e. The molecule has 6 heteroatoms. The molecule has 1 amide bonds. The molecule has 0 saturated carbocycles. The van der Waals surface area contributed by atoms with Crippen LogP contribution in [-0.4, -0.2) is 53.2 Å². The Bertz CT molecular complexity index is 1130. The molecule has 2 bridgehead atoms. The summed E-state index contributed by atoms with van der Waals surface area (Å²) in [6.45, 7) is 5.64. The predicted molar refractivity (Wildman–Crippen MR) is 117 cm³/mol. The van der Waals surface area contributed by atoms with Crippen molar-refractivity contribution in [2.45, 2.75) is 38.3 Å². The van der Waals surface area contributed by atoms with Crippen LogP contribution in [0.2, 0.25) is 0 Å². The molecule has 3 saturated heterocycles. The van der Waals surface area contributed by atoms with Gasteiger partial charge in [-0.25, -0.2) is 9.78 Å². The van der Waals surface area contributed by atoms with E-state index in [1.807, 2.05) is 30.0 Å². The Hall–Kier alpha value is -2.86. The highest BCUT2D eigenvalue weighted by Crippen LogP contribution is 2.38. The summed E-state index contributed by atoms with van der Waals surface area (Å²) < 4.78 is 11.9. The highest BCUT2D eigenvalue weighted by Gasteiger charge is 2.39. The second-order valence-corrected chi connectivity index (χ2v) is 9.07. The number of fused-ring (bicyclic) bond motifs is 5. The van der Waals surface area contributed by atoms with Gasteiger partial charge in [-0.3, -0.25) is 9.80 Å². The number of benzene rings is 2. The van der Waals surface area contributed by atoms with Gasteiger partial charge < -0.3 is 9.15 Å². The molecule has 5 heterocycles. The van der Waals surface area contributed by atoms with Gasteiger partial charge >= 0.3 is 6.09 Å². The number of aryl methyl sites for hydroxylation is 1. The number of carbonyl (C=O) groups excluding carboxylic acids is 1. The van der Waals surface area contributed by atoms with Crippen LogP contribution in [0.15, 0.2) is 46.9 Å². The molecule has 31 heavy (non-hydrogen) atoms. The van der Waals surface area contributed by atoms with E-state index in [1.165, 1.54) is 5.56 Å². The summed E-state index contributed by atoms with van der Waals surface area (Å²) in [5, 5.41) is 0. The largest absolute Gasteiger partial charge is 0.444 e. The van der Waals surface area contributed by atoms with E-state index in [1.54, 1.807) is 0 Å². The first kappa shape index (κ1) is 18.9. The van der Waals surface area contributed by atoms with Crippen LogP contribution in [-0.2, 0) is 11.2 Å². The Morgan fingerprint density at radius 2 is 1.97 bits per heavy atom. The molecule has 0 aliphatic carbocycles. The predicted octanol–water partition coefficient (Wildman–Crippen LogP) is 4.31. The molecule has 6 nitrogen and oxygen atoms in total. The van der Waals surface area contributed by atoms with Crippen LogP contribution in [0.3, 0.4) is 0 Å². The van der Waals surface area contributed by atoms with Crippen molar-refractivity contribution < 1.29 is 13.9 Å². The fourth-order valence-electron chi connectivity index (χ4n) is 5.59. The fraction of sp³-hybridized carbons (Fsp3) is 0.440. The van der Waals surface area contributed by atoms with E-state index in [-0.39, 0.29) is 18.2 Å². The molecule has 7 rings (SSSR count). The molecule has 3 aromatic rings. The Morgan fingerprint density at radius 3 is 2.77 bits per heavy atom. The Morgan fingerprint density at radius 1 is 1.13 bits per heavy atom. The van der Waals surface area contributed by atoms with Crippen LogP contribution in [0.25, 0.3) is 11.1 Å². The highest BCUT2D eigenvalue weighted by atomic mass is 16.6.